The number of fused-ring (bicyclic) bond motifs is 1. The van der Waals surface area contributed by atoms with Gasteiger partial charge in [-0.25, -0.2) is 13.8 Å². The summed E-state index contributed by atoms with van der Waals surface area (Å²) in [6.45, 7) is 0.0730. The molecule has 0 spiro atoms. The molecule has 126 valence electrons. The van der Waals surface area contributed by atoms with Gasteiger partial charge in [-0.15, -0.1) is 0 Å². The van der Waals surface area contributed by atoms with E-state index >= 15 is 0 Å². The van der Waals surface area contributed by atoms with Crippen molar-refractivity contribution in [3.8, 4) is 34.3 Å². The van der Waals surface area contributed by atoms with Gasteiger partial charge in [-0.1, -0.05) is 6.07 Å². The topological polar surface area (TPSA) is 87.6 Å². The maximum absolute atomic E-state index is 14.0. The average molecular weight is 344 g/mol. The first-order valence-corrected chi connectivity index (χ1v) is 7.19. The number of carbonyl (C=O) groups excluding carboxylic acids is 1. The number of benzene rings is 2. The molecular weight excluding hydrogens is 334 g/mol. The van der Waals surface area contributed by atoms with Crippen LogP contribution in [0.2, 0.25) is 0 Å². The minimum Gasteiger partial charge on any atom is -0.454 e. The second kappa shape index (κ2) is 5.59. The molecule has 1 aliphatic rings. The van der Waals surface area contributed by atoms with E-state index in [9.17, 15) is 13.6 Å². The van der Waals surface area contributed by atoms with Crippen molar-refractivity contribution in [2.24, 2.45) is 5.73 Å². The number of carbonyl (C=O) groups is 1. The second-order valence-electron chi connectivity index (χ2n) is 5.23. The Morgan fingerprint density at radius 2 is 1.80 bits per heavy atom. The summed E-state index contributed by atoms with van der Waals surface area (Å²) in [5, 5.41) is 0. The number of primary amides is 1. The van der Waals surface area contributed by atoms with Crippen molar-refractivity contribution in [1.29, 1.82) is 0 Å². The van der Waals surface area contributed by atoms with Gasteiger partial charge < -0.3 is 19.6 Å². The molecule has 0 fully saturated rings. The molecule has 6 nitrogen and oxygen atoms in total. The van der Waals surface area contributed by atoms with Crippen LogP contribution in [-0.4, -0.2) is 17.7 Å². The summed E-state index contributed by atoms with van der Waals surface area (Å²) >= 11 is 0. The predicted molar refractivity (Wildman–Crippen MR) is 81.9 cm³/mol. The molecule has 0 bridgehead atoms. The van der Waals surface area contributed by atoms with Crippen molar-refractivity contribution >= 4 is 5.91 Å². The van der Waals surface area contributed by atoms with E-state index in [1.54, 1.807) is 18.2 Å². The molecule has 2 aromatic carbocycles. The van der Waals surface area contributed by atoms with Crippen LogP contribution in [-0.2, 0) is 0 Å². The Kier molecular flexibility index (Phi) is 3.38. The molecule has 25 heavy (non-hydrogen) atoms. The van der Waals surface area contributed by atoms with Crippen molar-refractivity contribution in [3.63, 3.8) is 0 Å². The van der Waals surface area contributed by atoms with Crippen LogP contribution in [0.25, 0.3) is 22.8 Å². The Morgan fingerprint density at radius 3 is 2.52 bits per heavy atom. The second-order valence-corrected chi connectivity index (χ2v) is 5.23. The van der Waals surface area contributed by atoms with Crippen LogP contribution >= 0.6 is 0 Å². The van der Waals surface area contributed by atoms with Gasteiger partial charge in [0.15, 0.2) is 23.0 Å². The fourth-order valence-corrected chi connectivity index (χ4v) is 2.53. The smallest absolute Gasteiger partial charge is 0.271 e. The van der Waals surface area contributed by atoms with E-state index in [4.69, 9.17) is 19.6 Å². The number of nitrogens with two attached hydrogens (primary N) is 1. The maximum atomic E-state index is 14.0. The Labute approximate surface area is 139 Å². The molecular formula is C17H10F2N2O4. The molecule has 0 unspecified atom stereocenters. The van der Waals surface area contributed by atoms with Gasteiger partial charge in [0.2, 0.25) is 12.7 Å². The standard InChI is InChI=1S/C17H10F2N2O4/c18-9-2-1-3-10(19)13(9)17-21-14(16(20)22)15(25-17)8-4-5-11-12(6-8)24-7-23-11/h1-6H,7H2,(H2,20,22). The average Bonchev–Trinajstić information content (AvgIpc) is 3.20. The molecule has 0 saturated carbocycles. The van der Waals surface area contributed by atoms with Crippen LogP contribution in [0.4, 0.5) is 8.78 Å². The van der Waals surface area contributed by atoms with Crippen molar-refractivity contribution in [1.82, 2.24) is 4.98 Å². The van der Waals surface area contributed by atoms with Crippen molar-refractivity contribution in [2.45, 2.75) is 0 Å². The minimum absolute atomic E-state index is 0.0107. The highest BCUT2D eigenvalue weighted by Crippen LogP contribution is 2.38. The van der Waals surface area contributed by atoms with E-state index < -0.39 is 23.1 Å². The summed E-state index contributed by atoms with van der Waals surface area (Å²) in [7, 11) is 0. The van der Waals surface area contributed by atoms with Gasteiger partial charge in [0, 0.05) is 5.56 Å². The quantitative estimate of drug-likeness (QED) is 0.789. The van der Waals surface area contributed by atoms with E-state index in [1.165, 1.54) is 6.07 Å². The highest BCUT2D eigenvalue weighted by atomic mass is 19.1. The normalized spacial score (nSPS) is 12.4. The first-order chi connectivity index (χ1) is 12.0. The van der Waals surface area contributed by atoms with Crippen LogP contribution in [0.5, 0.6) is 11.5 Å². The summed E-state index contributed by atoms with van der Waals surface area (Å²) in [5.74, 6) is -2.03. The molecule has 0 aliphatic carbocycles. The van der Waals surface area contributed by atoms with Crippen molar-refractivity contribution < 1.29 is 27.5 Å². The Balaban J connectivity index is 1.89. The van der Waals surface area contributed by atoms with E-state index in [1.807, 2.05) is 0 Å². The third-order valence-corrected chi connectivity index (χ3v) is 3.67. The van der Waals surface area contributed by atoms with Crippen LogP contribution in [0.15, 0.2) is 40.8 Å². The monoisotopic (exact) mass is 344 g/mol. The lowest BCUT2D eigenvalue weighted by molar-refractivity contribution is 0.0996. The van der Waals surface area contributed by atoms with Gasteiger partial charge >= 0.3 is 0 Å². The third kappa shape index (κ3) is 2.47. The Morgan fingerprint density at radius 1 is 1.08 bits per heavy atom. The molecule has 1 aromatic heterocycles. The maximum Gasteiger partial charge on any atom is 0.271 e. The number of amides is 1. The summed E-state index contributed by atoms with van der Waals surface area (Å²) in [6, 6.07) is 8.12. The lowest BCUT2D eigenvalue weighted by Crippen LogP contribution is -2.12. The van der Waals surface area contributed by atoms with Crippen LogP contribution in [0.1, 0.15) is 10.5 Å². The summed E-state index contributed by atoms with van der Waals surface area (Å²) in [6.07, 6.45) is 0. The van der Waals surface area contributed by atoms with Gasteiger partial charge in [-0.05, 0) is 30.3 Å². The largest absolute Gasteiger partial charge is 0.454 e. The summed E-state index contributed by atoms with van der Waals surface area (Å²) in [4.78, 5) is 15.6. The number of nitrogens with zero attached hydrogens (tertiary/aromatic N) is 1. The molecule has 0 radical (unpaired) electrons. The molecule has 1 amide bonds. The van der Waals surface area contributed by atoms with E-state index in [-0.39, 0.29) is 24.1 Å². The molecule has 2 N–H and O–H groups in total. The zero-order valence-electron chi connectivity index (χ0n) is 12.6. The van der Waals surface area contributed by atoms with Gasteiger partial charge in [-0.3, -0.25) is 4.79 Å². The number of hydrogen-bond acceptors (Lipinski definition) is 5. The van der Waals surface area contributed by atoms with E-state index in [0.717, 1.165) is 12.1 Å². The highest BCUT2D eigenvalue weighted by molar-refractivity contribution is 5.97. The van der Waals surface area contributed by atoms with Crippen LogP contribution in [0.3, 0.4) is 0 Å². The number of oxazole rings is 1. The first-order valence-electron chi connectivity index (χ1n) is 7.19. The SMILES string of the molecule is NC(=O)c1nc(-c2c(F)cccc2F)oc1-c1ccc2c(c1)OCO2. The van der Waals surface area contributed by atoms with Gasteiger partial charge in [0.05, 0.1) is 0 Å². The third-order valence-electron chi connectivity index (χ3n) is 3.67. The fraction of sp³-hybridized carbons (Fsp3) is 0.0588. The first kappa shape index (κ1) is 15.1. The Hall–Kier alpha value is -3.42. The zero-order chi connectivity index (χ0) is 17.6. The molecule has 4 rings (SSSR count). The fourth-order valence-electron chi connectivity index (χ4n) is 2.53. The molecule has 0 atom stereocenters. The van der Waals surface area contributed by atoms with Gasteiger partial charge in [-0.2, -0.15) is 0 Å². The predicted octanol–water partition coefficient (Wildman–Crippen LogP) is 3.11. The van der Waals surface area contributed by atoms with E-state index in [2.05, 4.69) is 4.98 Å². The molecule has 3 aromatic rings. The summed E-state index contributed by atoms with van der Waals surface area (Å²) < 4.78 is 43.9. The number of hydrogen-bond donors (Lipinski definition) is 1. The number of rotatable bonds is 3. The highest BCUT2D eigenvalue weighted by Gasteiger charge is 2.25. The minimum atomic E-state index is -0.889. The summed E-state index contributed by atoms with van der Waals surface area (Å²) in [5.41, 5.74) is 5.02. The molecule has 8 heteroatoms. The lowest BCUT2D eigenvalue weighted by Gasteiger charge is -2.01. The number of halogens is 2. The zero-order valence-corrected chi connectivity index (χ0v) is 12.6. The van der Waals surface area contributed by atoms with Crippen molar-refractivity contribution in [2.75, 3.05) is 6.79 Å². The lowest BCUT2D eigenvalue weighted by atomic mass is 10.1. The molecule has 0 saturated heterocycles. The van der Waals surface area contributed by atoms with Crippen LogP contribution in [0, 0.1) is 11.6 Å². The van der Waals surface area contributed by atoms with Gasteiger partial charge in [0.25, 0.3) is 5.91 Å². The number of aromatic nitrogens is 1. The van der Waals surface area contributed by atoms with E-state index in [0.29, 0.717) is 17.1 Å². The molecule has 2 heterocycles. The van der Waals surface area contributed by atoms with Crippen molar-refractivity contribution in [3.05, 3.63) is 53.7 Å². The molecule has 1 aliphatic heterocycles. The number of ether oxygens (including phenoxy) is 2. The van der Waals surface area contributed by atoms with Crippen LogP contribution < -0.4 is 15.2 Å². The van der Waals surface area contributed by atoms with Gasteiger partial charge in [0.1, 0.15) is 17.2 Å². The Bertz CT molecular complexity index is 980.